The molecule has 1 N–H and O–H groups in total. The van der Waals surface area contributed by atoms with E-state index >= 15 is 0 Å². The van der Waals surface area contributed by atoms with E-state index in [0.29, 0.717) is 5.56 Å². The molecule has 1 heterocycles. The van der Waals surface area contributed by atoms with Gasteiger partial charge >= 0.3 is 0 Å². The zero-order chi connectivity index (χ0) is 10.0. The third kappa shape index (κ3) is 2.53. The molecule has 0 amide bonds. The third-order valence-corrected chi connectivity index (χ3v) is 2.17. The molecule has 1 rings (SSSR count). The van der Waals surface area contributed by atoms with Crippen molar-refractivity contribution in [2.75, 3.05) is 0 Å². The maximum Gasteiger partial charge on any atom is 0.157 e. The van der Waals surface area contributed by atoms with Gasteiger partial charge in [-0.25, -0.2) is 0 Å². The lowest BCUT2D eigenvalue weighted by Gasteiger charge is -2.14. The highest BCUT2D eigenvalue weighted by atomic mass is 35.5. The van der Waals surface area contributed by atoms with Crippen LogP contribution < -0.4 is 0 Å². The summed E-state index contributed by atoms with van der Waals surface area (Å²) in [6.07, 6.45) is -0.652. The van der Waals surface area contributed by atoms with Crippen LogP contribution in [0.15, 0.2) is 6.07 Å². The molecule has 1 atom stereocenters. The quantitative estimate of drug-likeness (QED) is 0.834. The van der Waals surface area contributed by atoms with Crippen LogP contribution in [0.25, 0.3) is 0 Å². The summed E-state index contributed by atoms with van der Waals surface area (Å²) in [4.78, 5) is 0. The molecule has 0 radical (unpaired) electrons. The molecule has 13 heavy (non-hydrogen) atoms. The molecule has 0 bridgehead atoms. The topological polar surface area (TPSA) is 46.0 Å². The summed E-state index contributed by atoms with van der Waals surface area (Å²) in [6.45, 7) is 3.77. The first-order valence-electron chi connectivity index (χ1n) is 3.89. The van der Waals surface area contributed by atoms with Crippen molar-refractivity contribution in [2.45, 2.75) is 20.0 Å². The molecule has 1 aromatic heterocycles. The van der Waals surface area contributed by atoms with Crippen molar-refractivity contribution in [3.8, 4) is 0 Å². The number of aliphatic hydroxyl groups is 1. The molecule has 1 unspecified atom stereocenters. The number of aromatic nitrogens is 2. The first kappa shape index (κ1) is 10.7. The lowest BCUT2D eigenvalue weighted by atomic mass is 10.0. The molecule has 3 nitrogen and oxygen atoms in total. The Morgan fingerprint density at radius 2 is 1.92 bits per heavy atom. The Kier molecular flexibility index (Phi) is 3.47. The van der Waals surface area contributed by atoms with Gasteiger partial charge in [-0.1, -0.05) is 37.0 Å². The van der Waals surface area contributed by atoms with E-state index in [0.717, 1.165) is 0 Å². The van der Waals surface area contributed by atoms with Crippen LogP contribution in [0.1, 0.15) is 25.5 Å². The lowest BCUT2D eigenvalue weighted by Crippen LogP contribution is -2.07. The molecule has 0 aromatic carbocycles. The number of hydrogen-bond acceptors (Lipinski definition) is 3. The standard InChI is InChI=1S/C8H10Cl2N2O/c1-4(2)7(13)5-3-6(9)11-12-8(5)10/h3-4,7,13H,1-2H3. The van der Waals surface area contributed by atoms with E-state index in [2.05, 4.69) is 10.2 Å². The van der Waals surface area contributed by atoms with Crippen molar-refractivity contribution in [1.82, 2.24) is 10.2 Å². The molecule has 0 fully saturated rings. The minimum absolute atomic E-state index is 0.0674. The van der Waals surface area contributed by atoms with E-state index in [9.17, 15) is 5.11 Å². The average molecular weight is 221 g/mol. The molecule has 0 aliphatic carbocycles. The van der Waals surface area contributed by atoms with Gasteiger partial charge < -0.3 is 5.11 Å². The zero-order valence-corrected chi connectivity index (χ0v) is 8.84. The summed E-state index contributed by atoms with van der Waals surface area (Å²) < 4.78 is 0. The predicted molar refractivity (Wildman–Crippen MR) is 51.8 cm³/mol. The predicted octanol–water partition coefficient (Wildman–Crippen LogP) is 2.47. The maximum atomic E-state index is 9.69. The van der Waals surface area contributed by atoms with Crippen LogP contribution in [0.3, 0.4) is 0 Å². The summed E-state index contributed by atoms with van der Waals surface area (Å²) in [7, 11) is 0. The van der Waals surface area contributed by atoms with Gasteiger partial charge in [-0.05, 0) is 12.0 Å². The lowest BCUT2D eigenvalue weighted by molar-refractivity contribution is 0.126. The minimum Gasteiger partial charge on any atom is -0.388 e. The Labute approximate surface area is 86.7 Å². The summed E-state index contributed by atoms with van der Waals surface area (Å²) in [5, 5.41) is 17.3. The van der Waals surface area contributed by atoms with E-state index < -0.39 is 6.10 Å². The van der Waals surface area contributed by atoms with Gasteiger partial charge in [-0.15, -0.1) is 10.2 Å². The average Bonchev–Trinajstić information content (AvgIpc) is 2.08. The number of nitrogens with zero attached hydrogens (tertiary/aromatic N) is 2. The van der Waals surface area contributed by atoms with Gasteiger partial charge in [0.15, 0.2) is 10.3 Å². The van der Waals surface area contributed by atoms with Crippen molar-refractivity contribution in [1.29, 1.82) is 0 Å². The maximum absolute atomic E-state index is 9.69. The highest BCUT2D eigenvalue weighted by molar-refractivity contribution is 6.31. The summed E-state index contributed by atoms with van der Waals surface area (Å²) in [6, 6.07) is 1.53. The molecule has 0 aliphatic heterocycles. The molecular formula is C8H10Cl2N2O. The van der Waals surface area contributed by atoms with Gasteiger partial charge in [0.25, 0.3) is 0 Å². The highest BCUT2D eigenvalue weighted by Crippen LogP contribution is 2.27. The number of rotatable bonds is 2. The van der Waals surface area contributed by atoms with Gasteiger partial charge in [0.1, 0.15) is 0 Å². The van der Waals surface area contributed by atoms with Crippen molar-refractivity contribution in [3.63, 3.8) is 0 Å². The van der Waals surface area contributed by atoms with Crippen molar-refractivity contribution in [2.24, 2.45) is 5.92 Å². The summed E-state index contributed by atoms with van der Waals surface area (Å²) in [5.74, 6) is 0.0674. The van der Waals surface area contributed by atoms with Crippen LogP contribution >= 0.6 is 23.2 Å². The first-order chi connectivity index (χ1) is 6.02. The Balaban J connectivity index is 3.05. The van der Waals surface area contributed by atoms with Crippen LogP contribution in [0.2, 0.25) is 10.3 Å². The fraction of sp³-hybridized carbons (Fsp3) is 0.500. The van der Waals surface area contributed by atoms with Crippen LogP contribution in [0.5, 0.6) is 0 Å². The van der Waals surface area contributed by atoms with Gasteiger partial charge in [0.2, 0.25) is 0 Å². The molecule has 1 aromatic rings. The Morgan fingerprint density at radius 1 is 1.31 bits per heavy atom. The van der Waals surface area contributed by atoms with Gasteiger partial charge in [-0.3, -0.25) is 0 Å². The molecule has 0 saturated heterocycles. The van der Waals surface area contributed by atoms with E-state index in [-0.39, 0.29) is 16.2 Å². The molecule has 5 heteroatoms. The fourth-order valence-corrected chi connectivity index (χ4v) is 1.29. The normalized spacial score (nSPS) is 13.4. The number of hydrogen-bond donors (Lipinski definition) is 1. The fourth-order valence-electron chi connectivity index (χ4n) is 0.933. The molecule has 0 aliphatic rings. The smallest absolute Gasteiger partial charge is 0.157 e. The van der Waals surface area contributed by atoms with Gasteiger partial charge in [0.05, 0.1) is 6.10 Å². The van der Waals surface area contributed by atoms with E-state index in [1.54, 1.807) is 0 Å². The zero-order valence-electron chi connectivity index (χ0n) is 7.33. The van der Waals surface area contributed by atoms with E-state index in [1.807, 2.05) is 13.8 Å². The van der Waals surface area contributed by atoms with Gasteiger partial charge in [-0.2, -0.15) is 0 Å². The number of halogens is 2. The molecule has 0 saturated carbocycles. The van der Waals surface area contributed by atoms with Crippen molar-refractivity contribution >= 4 is 23.2 Å². The van der Waals surface area contributed by atoms with Crippen molar-refractivity contribution < 1.29 is 5.11 Å². The van der Waals surface area contributed by atoms with E-state index in [4.69, 9.17) is 23.2 Å². The second kappa shape index (κ2) is 4.22. The third-order valence-electron chi connectivity index (χ3n) is 1.70. The minimum atomic E-state index is -0.652. The largest absolute Gasteiger partial charge is 0.388 e. The Morgan fingerprint density at radius 3 is 2.46 bits per heavy atom. The van der Waals surface area contributed by atoms with Crippen molar-refractivity contribution in [3.05, 3.63) is 21.9 Å². The molecular weight excluding hydrogens is 211 g/mol. The van der Waals surface area contributed by atoms with Crippen LogP contribution in [-0.4, -0.2) is 15.3 Å². The highest BCUT2D eigenvalue weighted by Gasteiger charge is 2.17. The Hall–Kier alpha value is -0.380. The first-order valence-corrected chi connectivity index (χ1v) is 4.64. The molecule has 0 spiro atoms. The SMILES string of the molecule is CC(C)C(O)c1cc(Cl)nnc1Cl. The molecule has 72 valence electrons. The van der Waals surface area contributed by atoms with Gasteiger partial charge in [0, 0.05) is 5.56 Å². The summed E-state index contributed by atoms with van der Waals surface area (Å²) in [5.41, 5.74) is 0.525. The second-order valence-corrected chi connectivity index (χ2v) is 3.85. The Bertz CT molecular complexity index is 304. The summed E-state index contributed by atoms with van der Waals surface area (Å²) >= 11 is 11.4. The number of aliphatic hydroxyl groups excluding tert-OH is 1. The van der Waals surface area contributed by atoms with Crippen LogP contribution in [-0.2, 0) is 0 Å². The van der Waals surface area contributed by atoms with E-state index in [1.165, 1.54) is 6.07 Å². The van der Waals surface area contributed by atoms with Crippen LogP contribution in [0, 0.1) is 5.92 Å². The second-order valence-electron chi connectivity index (χ2n) is 3.10. The monoisotopic (exact) mass is 220 g/mol. The van der Waals surface area contributed by atoms with Crippen LogP contribution in [0.4, 0.5) is 0 Å².